The number of amides is 1. The van der Waals surface area contributed by atoms with Gasteiger partial charge in [0.2, 0.25) is 5.91 Å². The molecule has 0 unspecified atom stereocenters. The Hall–Kier alpha value is -2.77. The largest absolute Gasteiger partial charge is 0.478 e. The Bertz CT molecular complexity index is 594. The fraction of sp³-hybridized carbons (Fsp3) is 0.250. The number of benzene rings is 1. The van der Waals surface area contributed by atoms with E-state index in [1.807, 2.05) is 0 Å². The molecule has 0 aliphatic heterocycles. The van der Waals surface area contributed by atoms with E-state index in [2.05, 4.69) is 15.5 Å². The van der Waals surface area contributed by atoms with Crippen LogP contribution < -0.4 is 0 Å². The van der Waals surface area contributed by atoms with Gasteiger partial charge in [0.05, 0.1) is 5.56 Å². The highest BCUT2D eigenvalue weighted by Gasteiger charge is 2.11. The van der Waals surface area contributed by atoms with Gasteiger partial charge in [-0.15, -0.1) is 5.10 Å². The number of hydrogen-bond acceptors (Lipinski definition) is 5. The Morgan fingerprint density at radius 3 is 2.55 bits per heavy atom. The summed E-state index contributed by atoms with van der Waals surface area (Å²) >= 11 is 0. The number of carboxylic acids is 1. The molecule has 8 heteroatoms. The van der Waals surface area contributed by atoms with Crippen molar-refractivity contribution in [2.24, 2.45) is 0 Å². The minimum absolute atomic E-state index is 0.0662. The predicted molar refractivity (Wildman–Crippen MR) is 67.7 cm³/mol. The molecule has 0 bridgehead atoms. The molecule has 0 atom stereocenters. The number of rotatable bonds is 5. The standard InChI is InChI=1S/C12H13N5O3/c1-16(11(18)7-17-8-13-14-15-17)6-9-2-4-10(5-3-9)12(19)20/h2-5,8H,6-7H2,1H3,(H,19,20). The van der Waals surface area contributed by atoms with Crippen LogP contribution in [0.15, 0.2) is 30.6 Å². The lowest BCUT2D eigenvalue weighted by atomic mass is 10.1. The second-order valence-corrected chi connectivity index (χ2v) is 4.26. The Morgan fingerprint density at radius 1 is 1.30 bits per heavy atom. The number of nitrogens with zero attached hydrogens (tertiary/aromatic N) is 5. The summed E-state index contributed by atoms with van der Waals surface area (Å²) in [4.78, 5) is 24.2. The van der Waals surface area contributed by atoms with Crippen molar-refractivity contribution in [1.82, 2.24) is 25.1 Å². The molecule has 0 spiro atoms. The Labute approximate surface area is 114 Å². The van der Waals surface area contributed by atoms with Crippen LogP contribution in [0.4, 0.5) is 0 Å². The van der Waals surface area contributed by atoms with Crippen LogP contribution in [-0.4, -0.2) is 49.1 Å². The van der Waals surface area contributed by atoms with Crippen LogP contribution in [0.1, 0.15) is 15.9 Å². The molecule has 104 valence electrons. The summed E-state index contributed by atoms with van der Waals surface area (Å²) in [5.41, 5.74) is 1.07. The van der Waals surface area contributed by atoms with E-state index in [4.69, 9.17) is 5.11 Å². The van der Waals surface area contributed by atoms with E-state index in [0.29, 0.717) is 6.54 Å². The van der Waals surface area contributed by atoms with Crippen LogP contribution >= 0.6 is 0 Å². The highest BCUT2D eigenvalue weighted by Crippen LogP contribution is 2.07. The summed E-state index contributed by atoms with van der Waals surface area (Å²) in [6.45, 7) is 0.456. The summed E-state index contributed by atoms with van der Waals surface area (Å²) in [5.74, 6) is -1.11. The number of likely N-dealkylation sites (N-methyl/N-ethyl adjacent to an activating group) is 1. The van der Waals surface area contributed by atoms with Gasteiger partial charge in [0, 0.05) is 13.6 Å². The van der Waals surface area contributed by atoms with Gasteiger partial charge < -0.3 is 10.0 Å². The fourth-order valence-electron chi connectivity index (χ4n) is 1.63. The highest BCUT2D eigenvalue weighted by atomic mass is 16.4. The van der Waals surface area contributed by atoms with Crippen molar-refractivity contribution in [2.75, 3.05) is 7.05 Å². The maximum Gasteiger partial charge on any atom is 0.335 e. The van der Waals surface area contributed by atoms with Gasteiger partial charge in [-0.2, -0.15) is 0 Å². The Balaban J connectivity index is 1.95. The number of carbonyl (C=O) groups is 2. The molecule has 2 aromatic rings. The van der Waals surface area contributed by atoms with Gasteiger partial charge in [-0.05, 0) is 28.1 Å². The third-order valence-corrected chi connectivity index (χ3v) is 2.74. The van der Waals surface area contributed by atoms with Crippen molar-refractivity contribution in [1.29, 1.82) is 0 Å². The van der Waals surface area contributed by atoms with Gasteiger partial charge in [0.1, 0.15) is 12.9 Å². The molecule has 1 aromatic carbocycles. The maximum atomic E-state index is 11.9. The first-order valence-corrected chi connectivity index (χ1v) is 5.83. The van der Waals surface area contributed by atoms with E-state index in [1.165, 1.54) is 28.0 Å². The van der Waals surface area contributed by atoms with Crippen LogP contribution in [0.25, 0.3) is 0 Å². The van der Waals surface area contributed by atoms with Crippen LogP contribution in [0.2, 0.25) is 0 Å². The van der Waals surface area contributed by atoms with Crippen molar-refractivity contribution in [3.8, 4) is 0 Å². The molecule has 1 N–H and O–H groups in total. The summed E-state index contributed by atoms with van der Waals surface area (Å²) in [7, 11) is 1.66. The summed E-state index contributed by atoms with van der Waals surface area (Å²) in [5, 5.41) is 19.3. The van der Waals surface area contributed by atoms with Crippen molar-refractivity contribution in [2.45, 2.75) is 13.1 Å². The third kappa shape index (κ3) is 3.37. The van der Waals surface area contributed by atoms with Gasteiger partial charge in [0.15, 0.2) is 0 Å². The van der Waals surface area contributed by atoms with Crippen molar-refractivity contribution >= 4 is 11.9 Å². The lowest BCUT2D eigenvalue weighted by Gasteiger charge is -2.17. The average Bonchev–Trinajstić information content (AvgIpc) is 2.92. The van der Waals surface area contributed by atoms with E-state index >= 15 is 0 Å². The molecular formula is C12H13N5O3. The smallest absolute Gasteiger partial charge is 0.335 e. The molecule has 1 aromatic heterocycles. The maximum absolute atomic E-state index is 11.9. The molecule has 0 aliphatic rings. The van der Waals surface area contributed by atoms with Crippen LogP contribution in [0.5, 0.6) is 0 Å². The Morgan fingerprint density at radius 2 is 2.00 bits per heavy atom. The average molecular weight is 275 g/mol. The lowest BCUT2D eigenvalue weighted by molar-refractivity contribution is -0.131. The number of carboxylic acid groups (broad SMARTS) is 1. The molecule has 0 radical (unpaired) electrons. The normalized spacial score (nSPS) is 10.2. The molecule has 0 aliphatic carbocycles. The third-order valence-electron chi connectivity index (χ3n) is 2.74. The Kier molecular flexibility index (Phi) is 4.04. The SMILES string of the molecule is CN(Cc1ccc(C(=O)O)cc1)C(=O)Cn1cnnn1. The zero-order valence-electron chi connectivity index (χ0n) is 10.8. The summed E-state index contributed by atoms with van der Waals surface area (Å²) < 4.78 is 1.34. The number of hydrogen-bond donors (Lipinski definition) is 1. The van der Waals surface area contributed by atoms with E-state index in [-0.39, 0.29) is 18.0 Å². The van der Waals surface area contributed by atoms with E-state index in [1.54, 1.807) is 19.2 Å². The molecule has 0 saturated carbocycles. The molecule has 1 heterocycles. The zero-order valence-corrected chi connectivity index (χ0v) is 10.8. The molecule has 1 amide bonds. The molecule has 20 heavy (non-hydrogen) atoms. The van der Waals surface area contributed by atoms with Crippen molar-refractivity contribution < 1.29 is 14.7 Å². The first-order chi connectivity index (χ1) is 9.56. The molecule has 2 rings (SSSR count). The topological polar surface area (TPSA) is 101 Å². The van der Waals surface area contributed by atoms with Gasteiger partial charge in [0.25, 0.3) is 0 Å². The number of carbonyl (C=O) groups excluding carboxylic acids is 1. The highest BCUT2D eigenvalue weighted by molar-refractivity contribution is 5.87. The van der Waals surface area contributed by atoms with Gasteiger partial charge >= 0.3 is 5.97 Å². The van der Waals surface area contributed by atoms with Crippen molar-refractivity contribution in [3.05, 3.63) is 41.7 Å². The number of aromatic nitrogens is 4. The van der Waals surface area contributed by atoms with Crippen LogP contribution in [-0.2, 0) is 17.9 Å². The molecule has 8 nitrogen and oxygen atoms in total. The number of tetrazole rings is 1. The molecular weight excluding hydrogens is 262 g/mol. The monoisotopic (exact) mass is 275 g/mol. The lowest BCUT2D eigenvalue weighted by Crippen LogP contribution is -2.30. The van der Waals surface area contributed by atoms with Gasteiger partial charge in [-0.1, -0.05) is 12.1 Å². The molecule has 0 fully saturated rings. The fourth-order valence-corrected chi connectivity index (χ4v) is 1.63. The van der Waals surface area contributed by atoms with E-state index in [9.17, 15) is 9.59 Å². The zero-order chi connectivity index (χ0) is 14.5. The first-order valence-electron chi connectivity index (χ1n) is 5.83. The van der Waals surface area contributed by atoms with Gasteiger partial charge in [-0.3, -0.25) is 4.79 Å². The van der Waals surface area contributed by atoms with E-state index in [0.717, 1.165) is 5.56 Å². The number of aromatic carboxylic acids is 1. The summed E-state index contributed by atoms with van der Waals surface area (Å²) in [6, 6.07) is 6.39. The van der Waals surface area contributed by atoms with Gasteiger partial charge in [-0.25, -0.2) is 9.48 Å². The second kappa shape index (κ2) is 5.91. The second-order valence-electron chi connectivity index (χ2n) is 4.26. The van der Waals surface area contributed by atoms with Crippen LogP contribution in [0.3, 0.4) is 0 Å². The quantitative estimate of drug-likeness (QED) is 0.826. The summed E-state index contributed by atoms with van der Waals surface area (Å²) in [6.07, 6.45) is 1.37. The van der Waals surface area contributed by atoms with Crippen LogP contribution in [0, 0.1) is 0 Å². The predicted octanol–water partition coefficient (Wildman–Crippen LogP) is 0.0299. The van der Waals surface area contributed by atoms with Crippen molar-refractivity contribution in [3.63, 3.8) is 0 Å². The minimum atomic E-state index is -0.973. The molecule has 0 saturated heterocycles. The van der Waals surface area contributed by atoms with E-state index < -0.39 is 5.97 Å². The first kappa shape index (κ1) is 13.7. The minimum Gasteiger partial charge on any atom is -0.478 e.